The Balaban J connectivity index is 1.78. The molecule has 0 spiro atoms. The first-order valence-corrected chi connectivity index (χ1v) is 7.92. The van der Waals surface area contributed by atoms with Gasteiger partial charge in [-0.05, 0) is 30.5 Å². The highest BCUT2D eigenvalue weighted by atomic mass is 32.1. The Kier molecular flexibility index (Phi) is 4.57. The van der Waals surface area contributed by atoms with Crippen LogP contribution in [0.2, 0.25) is 0 Å². The maximum Gasteiger partial charge on any atom is 0.275 e. The SMILES string of the molecule is Cc1noc(-c2cccs2)c1C(=O)NNC(=O)c1c(F)cccc1F. The number of aryl methyl sites for hydroxylation is 1. The fraction of sp³-hybridized carbons (Fsp3) is 0.0625. The summed E-state index contributed by atoms with van der Waals surface area (Å²) in [7, 11) is 0. The molecule has 0 aliphatic heterocycles. The van der Waals surface area contributed by atoms with E-state index in [-0.39, 0.29) is 11.3 Å². The van der Waals surface area contributed by atoms with Gasteiger partial charge in [0.05, 0.1) is 10.6 Å². The van der Waals surface area contributed by atoms with E-state index in [4.69, 9.17) is 4.52 Å². The summed E-state index contributed by atoms with van der Waals surface area (Å²) in [6.07, 6.45) is 0. The van der Waals surface area contributed by atoms with Crippen molar-refractivity contribution in [2.45, 2.75) is 6.92 Å². The van der Waals surface area contributed by atoms with Crippen molar-refractivity contribution in [3.8, 4) is 10.6 Å². The minimum absolute atomic E-state index is 0.122. The number of hydrogen-bond donors (Lipinski definition) is 2. The molecule has 0 aliphatic carbocycles. The minimum Gasteiger partial charge on any atom is -0.354 e. The summed E-state index contributed by atoms with van der Waals surface area (Å²) < 4.78 is 32.3. The van der Waals surface area contributed by atoms with E-state index in [9.17, 15) is 18.4 Å². The topological polar surface area (TPSA) is 84.2 Å². The molecule has 3 aromatic rings. The van der Waals surface area contributed by atoms with Crippen molar-refractivity contribution in [3.63, 3.8) is 0 Å². The molecule has 9 heteroatoms. The molecule has 25 heavy (non-hydrogen) atoms. The van der Waals surface area contributed by atoms with Crippen LogP contribution in [-0.2, 0) is 0 Å². The highest BCUT2D eigenvalue weighted by molar-refractivity contribution is 7.13. The smallest absolute Gasteiger partial charge is 0.275 e. The molecule has 2 N–H and O–H groups in total. The van der Waals surface area contributed by atoms with Gasteiger partial charge in [-0.3, -0.25) is 20.4 Å². The summed E-state index contributed by atoms with van der Waals surface area (Å²) in [5.74, 6) is -3.65. The van der Waals surface area contributed by atoms with Crippen molar-refractivity contribution >= 4 is 23.2 Å². The van der Waals surface area contributed by atoms with E-state index < -0.39 is 29.0 Å². The number of nitrogens with one attached hydrogen (secondary N) is 2. The van der Waals surface area contributed by atoms with E-state index in [0.717, 1.165) is 18.2 Å². The zero-order valence-electron chi connectivity index (χ0n) is 12.8. The van der Waals surface area contributed by atoms with E-state index >= 15 is 0 Å². The molecule has 128 valence electrons. The number of carbonyl (C=O) groups excluding carboxylic acids is 2. The molecule has 3 rings (SSSR count). The Bertz CT molecular complexity index is 918. The average molecular weight is 363 g/mol. The van der Waals surface area contributed by atoms with Crippen LogP contribution in [0.25, 0.3) is 10.6 Å². The molecule has 0 atom stereocenters. The molecule has 0 fully saturated rings. The number of rotatable bonds is 3. The van der Waals surface area contributed by atoms with Crippen LogP contribution in [0.1, 0.15) is 26.4 Å². The highest BCUT2D eigenvalue weighted by Crippen LogP contribution is 2.29. The first-order chi connectivity index (χ1) is 12.0. The largest absolute Gasteiger partial charge is 0.354 e. The molecule has 0 saturated heterocycles. The van der Waals surface area contributed by atoms with Crippen molar-refractivity contribution in [1.29, 1.82) is 0 Å². The minimum atomic E-state index is -1.12. The number of amides is 2. The van der Waals surface area contributed by atoms with Gasteiger partial charge in [0, 0.05) is 0 Å². The van der Waals surface area contributed by atoms with Gasteiger partial charge in [0.2, 0.25) is 0 Å². The quantitative estimate of drug-likeness (QED) is 0.701. The lowest BCUT2D eigenvalue weighted by atomic mass is 10.1. The van der Waals surface area contributed by atoms with E-state index in [1.165, 1.54) is 11.3 Å². The van der Waals surface area contributed by atoms with Gasteiger partial charge >= 0.3 is 0 Å². The Hall–Kier alpha value is -3.07. The van der Waals surface area contributed by atoms with E-state index in [1.807, 2.05) is 5.43 Å². The van der Waals surface area contributed by atoms with Gasteiger partial charge in [-0.25, -0.2) is 8.78 Å². The van der Waals surface area contributed by atoms with Crippen LogP contribution >= 0.6 is 11.3 Å². The third-order valence-corrected chi connectivity index (χ3v) is 4.18. The Morgan fingerprint density at radius 1 is 1.04 bits per heavy atom. The fourth-order valence-corrected chi connectivity index (χ4v) is 2.87. The molecule has 0 radical (unpaired) electrons. The second-order valence-corrected chi connectivity index (χ2v) is 5.90. The number of hydrogen-bond acceptors (Lipinski definition) is 5. The number of nitrogens with zero attached hydrogens (tertiary/aromatic N) is 1. The molecule has 0 saturated carbocycles. The molecule has 0 aliphatic rings. The monoisotopic (exact) mass is 363 g/mol. The second kappa shape index (κ2) is 6.81. The van der Waals surface area contributed by atoms with Crippen LogP contribution in [0.15, 0.2) is 40.2 Å². The normalized spacial score (nSPS) is 10.5. The predicted molar refractivity (Wildman–Crippen MR) is 85.8 cm³/mol. The predicted octanol–water partition coefficient (Wildman–Crippen LogP) is 3.06. The molecular weight excluding hydrogens is 352 g/mol. The van der Waals surface area contributed by atoms with Gasteiger partial charge in [0.25, 0.3) is 11.8 Å². The first-order valence-electron chi connectivity index (χ1n) is 7.04. The van der Waals surface area contributed by atoms with Crippen molar-refractivity contribution in [3.05, 3.63) is 64.2 Å². The number of halogens is 2. The molecule has 2 heterocycles. The van der Waals surface area contributed by atoms with Gasteiger partial charge < -0.3 is 4.52 Å². The lowest BCUT2D eigenvalue weighted by Gasteiger charge is -2.08. The van der Waals surface area contributed by atoms with Crippen LogP contribution in [0.4, 0.5) is 8.78 Å². The molecule has 0 bridgehead atoms. The maximum absolute atomic E-state index is 13.6. The van der Waals surface area contributed by atoms with Gasteiger partial charge in [0.1, 0.15) is 22.8 Å². The van der Waals surface area contributed by atoms with Crippen LogP contribution in [-0.4, -0.2) is 17.0 Å². The highest BCUT2D eigenvalue weighted by Gasteiger charge is 2.24. The molecule has 1 aromatic carbocycles. The second-order valence-electron chi connectivity index (χ2n) is 4.95. The number of aromatic nitrogens is 1. The van der Waals surface area contributed by atoms with Crippen molar-refractivity contribution in [2.75, 3.05) is 0 Å². The summed E-state index contributed by atoms with van der Waals surface area (Å²) in [4.78, 5) is 24.9. The van der Waals surface area contributed by atoms with Crippen molar-refractivity contribution < 1.29 is 22.9 Å². The molecule has 2 aromatic heterocycles. The number of benzene rings is 1. The van der Waals surface area contributed by atoms with E-state index in [2.05, 4.69) is 10.6 Å². The molecule has 2 amide bonds. The van der Waals surface area contributed by atoms with Crippen molar-refractivity contribution in [1.82, 2.24) is 16.0 Å². The molecule has 0 unspecified atom stereocenters. The van der Waals surface area contributed by atoms with E-state index in [1.54, 1.807) is 24.4 Å². The average Bonchev–Trinajstić information content (AvgIpc) is 3.21. The standard InChI is InChI=1S/C16H11F2N3O3S/c1-8-12(14(24-21-8)11-6-3-7-25-11)15(22)19-20-16(23)13-9(17)4-2-5-10(13)18/h2-7H,1H3,(H,19,22)(H,20,23). The van der Waals surface area contributed by atoms with Crippen LogP contribution < -0.4 is 10.9 Å². The van der Waals surface area contributed by atoms with Gasteiger partial charge in [-0.1, -0.05) is 17.3 Å². The Morgan fingerprint density at radius 3 is 2.28 bits per heavy atom. The van der Waals surface area contributed by atoms with Crippen LogP contribution in [0.3, 0.4) is 0 Å². The molecular formula is C16H11F2N3O3S. The molecule has 6 nitrogen and oxygen atoms in total. The third kappa shape index (κ3) is 3.26. The van der Waals surface area contributed by atoms with Crippen LogP contribution in [0, 0.1) is 18.6 Å². The number of carbonyl (C=O) groups is 2. The number of thiophene rings is 1. The Morgan fingerprint density at radius 2 is 1.68 bits per heavy atom. The maximum atomic E-state index is 13.6. The lowest BCUT2D eigenvalue weighted by molar-refractivity contribution is 0.0841. The zero-order chi connectivity index (χ0) is 18.0. The fourth-order valence-electron chi connectivity index (χ4n) is 2.17. The van der Waals surface area contributed by atoms with Crippen LogP contribution in [0.5, 0.6) is 0 Å². The lowest BCUT2D eigenvalue weighted by Crippen LogP contribution is -2.42. The summed E-state index contributed by atoms with van der Waals surface area (Å²) in [5.41, 5.74) is 3.74. The summed E-state index contributed by atoms with van der Waals surface area (Å²) >= 11 is 1.35. The third-order valence-electron chi connectivity index (χ3n) is 3.31. The zero-order valence-corrected chi connectivity index (χ0v) is 13.6. The van der Waals surface area contributed by atoms with Gasteiger partial charge in [-0.15, -0.1) is 11.3 Å². The number of hydrazine groups is 1. The Labute approximate surface area is 144 Å². The summed E-state index contributed by atoms with van der Waals surface area (Å²) in [6.45, 7) is 1.56. The van der Waals surface area contributed by atoms with Crippen molar-refractivity contribution in [2.24, 2.45) is 0 Å². The van der Waals surface area contributed by atoms with Gasteiger partial charge in [0.15, 0.2) is 5.76 Å². The first kappa shape index (κ1) is 16.8. The van der Waals surface area contributed by atoms with E-state index in [0.29, 0.717) is 10.6 Å². The van der Waals surface area contributed by atoms with Gasteiger partial charge in [-0.2, -0.15) is 0 Å². The summed E-state index contributed by atoms with van der Waals surface area (Å²) in [5, 5.41) is 5.55. The summed E-state index contributed by atoms with van der Waals surface area (Å²) in [6, 6.07) is 6.54.